The molecular weight excluding hydrogens is 408 g/mol. The lowest BCUT2D eigenvalue weighted by Crippen LogP contribution is -2.16. The molecule has 154 valence electrons. The summed E-state index contributed by atoms with van der Waals surface area (Å²) >= 11 is 0. The molecule has 0 aliphatic heterocycles. The molecule has 0 saturated carbocycles. The van der Waals surface area contributed by atoms with Crippen LogP contribution in [0.1, 0.15) is 11.4 Å². The van der Waals surface area contributed by atoms with Crippen molar-refractivity contribution in [3.8, 4) is 0 Å². The van der Waals surface area contributed by atoms with Gasteiger partial charge in [-0.3, -0.25) is 4.72 Å². The summed E-state index contributed by atoms with van der Waals surface area (Å²) in [6.07, 6.45) is 1.10. The van der Waals surface area contributed by atoms with E-state index >= 15 is 0 Å². The van der Waals surface area contributed by atoms with Crippen molar-refractivity contribution in [3.63, 3.8) is 0 Å². The molecule has 30 heavy (non-hydrogen) atoms. The summed E-state index contributed by atoms with van der Waals surface area (Å²) in [6.45, 7) is 0. The second-order valence-electron chi connectivity index (χ2n) is 6.91. The fraction of sp³-hybridized carbons (Fsp3) is 0.136. The van der Waals surface area contributed by atoms with Crippen LogP contribution in [0.15, 0.2) is 71.6 Å². The van der Waals surface area contributed by atoms with Gasteiger partial charge in [0.25, 0.3) is 10.0 Å². The number of aryl methyl sites for hydroxylation is 3. The molecule has 0 aliphatic rings. The Morgan fingerprint density at radius 1 is 0.967 bits per heavy atom. The van der Waals surface area contributed by atoms with Crippen molar-refractivity contribution in [2.45, 2.75) is 17.7 Å². The summed E-state index contributed by atoms with van der Waals surface area (Å²) in [5, 5.41) is 0. The van der Waals surface area contributed by atoms with Crippen LogP contribution < -0.4 is 4.72 Å². The Bertz CT molecular complexity index is 1330. The number of fused-ring (bicyclic) bond motifs is 1. The Morgan fingerprint density at radius 3 is 2.50 bits per heavy atom. The van der Waals surface area contributed by atoms with Crippen LogP contribution in [0, 0.1) is 11.6 Å². The standard InChI is InChI=1S/C22H19F2N3O2S/c1-27-20-9-5-4-8-19(20)25-22(27)13-10-15-6-2-3-7-18(15)26-30(28,29)21-14-16(23)11-12-17(21)24/h2-9,11-12,14,26H,10,13H2,1H3. The molecule has 0 unspecified atom stereocenters. The lowest BCUT2D eigenvalue weighted by Gasteiger charge is -2.13. The number of halogens is 2. The maximum absolute atomic E-state index is 14.0. The predicted octanol–water partition coefficient (Wildman–Crippen LogP) is 4.44. The smallest absolute Gasteiger partial charge is 0.264 e. The first-order valence-corrected chi connectivity index (χ1v) is 10.8. The minimum absolute atomic E-state index is 0.319. The van der Waals surface area contributed by atoms with Gasteiger partial charge in [0.05, 0.1) is 16.7 Å². The molecule has 0 spiro atoms. The van der Waals surface area contributed by atoms with Crippen LogP contribution in [-0.2, 0) is 29.9 Å². The lowest BCUT2D eigenvalue weighted by atomic mass is 10.1. The fourth-order valence-electron chi connectivity index (χ4n) is 3.39. The van der Waals surface area contributed by atoms with Gasteiger partial charge < -0.3 is 4.57 Å². The molecule has 0 saturated heterocycles. The largest absolute Gasteiger partial charge is 0.331 e. The zero-order valence-corrected chi connectivity index (χ0v) is 17.0. The van der Waals surface area contributed by atoms with Gasteiger partial charge in [-0.15, -0.1) is 0 Å². The maximum Gasteiger partial charge on any atom is 0.264 e. The fourth-order valence-corrected chi connectivity index (χ4v) is 4.58. The summed E-state index contributed by atoms with van der Waals surface area (Å²) in [6, 6.07) is 17.0. The van der Waals surface area contributed by atoms with Crippen LogP contribution in [0.5, 0.6) is 0 Å². The van der Waals surface area contributed by atoms with Gasteiger partial charge in [0, 0.05) is 13.5 Å². The number of hydrogen-bond donors (Lipinski definition) is 1. The van der Waals surface area contributed by atoms with Crippen molar-refractivity contribution < 1.29 is 17.2 Å². The van der Waals surface area contributed by atoms with Crippen molar-refractivity contribution in [2.24, 2.45) is 7.05 Å². The molecule has 0 radical (unpaired) electrons. The lowest BCUT2D eigenvalue weighted by molar-refractivity contribution is 0.555. The SMILES string of the molecule is Cn1c(CCc2ccccc2NS(=O)(=O)c2cc(F)ccc2F)nc2ccccc21. The highest BCUT2D eigenvalue weighted by Gasteiger charge is 2.21. The summed E-state index contributed by atoms with van der Waals surface area (Å²) in [4.78, 5) is 3.90. The summed E-state index contributed by atoms with van der Waals surface area (Å²) in [7, 11) is -2.35. The molecule has 4 aromatic rings. The van der Waals surface area contributed by atoms with E-state index in [0.717, 1.165) is 34.6 Å². The Morgan fingerprint density at radius 2 is 1.70 bits per heavy atom. The number of nitrogens with zero attached hydrogens (tertiary/aromatic N) is 2. The highest BCUT2D eigenvalue weighted by Crippen LogP contribution is 2.24. The van der Waals surface area contributed by atoms with E-state index in [1.807, 2.05) is 35.9 Å². The molecule has 0 amide bonds. The first-order chi connectivity index (χ1) is 14.3. The van der Waals surface area contributed by atoms with Crippen molar-refractivity contribution >= 4 is 26.7 Å². The van der Waals surface area contributed by atoms with Crippen LogP contribution >= 0.6 is 0 Å². The zero-order valence-electron chi connectivity index (χ0n) is 16.1. The normalized spacial score (nSPS) is 11.7. The Hall–Kier alpha value is -3.26. The van der Waals surface area contributed by atoms with Gasteiger partial charge in [-0.05, 0) is 48.4 Å². The van der Waals surface area contributed by atoms with E-state index in [2.05, 4.69) is 9.71 Å². The average molecular weight is 427 g/mol. The van der Waals surface area contributed by atoms with Gasteiger partial charge in [0.1, 0.15) is 22.4 Å². The number of rotatable bonds is 6. The zero-order chi connectivity index (χ0) is 21.3. The first kappa shape index (κ1) is 20.0. The number of hydrogen-bond acceptors (Lipinski definition) is 3. The molecule has 1 aromatic heterocycles. The molecular formula is C22H19F2N3O2S. The minimum atomic E-state index is -4.29. The Balaban J connectivity index is 1.59. The molecule has 8 heteroatoms. The number of imidazole rings is 1. The van der Waals surface area contributed by atoms with Crippen LogP contribution in [0.25, 0.3) is 11.0 Å². The minimum Gasteiger partial charge on any atom is -0.331 e. The number of para-hydroxylation sites is 3. The third kappa shape index (κ3) is 3.91. The molecule has 1 heterocycles. The monoisotopic (exact) mass is 427 g/mol. The third-order valence-electron chi connectivity index (χ3n) is 4.94. The summed E-state index contributed by atoms with van der Waals surface area (Å²) in [5.74, 6) is -0.974. The molecule has 0 atom stereocenters. The van der Waals surface area contributed by atoms with Gasteiger partial charge >= 0.3 is 0 Å². The van der Waals surface area contributed by atoms with Gasteiger partial charge in [0.15, 0.2) is 0 Å². The molecule has 3 aromatic carbocycles. The molecule has 0 bridgehead atoms. The first-order valence-electron chi connectivity index (χ1n) is 9.31. The number of aromatic nitrogens is 2. The van der Waals surface area contributed by atoms with E-state index < -0.39 is 26.6 Å². The van der Waals surface area contributed by atoms with E-state index in [0.29, 0.717) is 24.6 Å². The van der Waals surface area contributed by atoms with Crippen molar-refractivity contribution in [2.75, 3.05) is 4.72 Å². The highest BCUT2D eigenvalue weighted by molar-refractivity contribution is 7.92. The van der Waals surface area contributed by atoms with Gasteiger partial charge in [-0.2, -0.15) is 0 Å². The number of anilines is 1. The molecule has 5 nitrogen and oxygen atoms in total. The maximum atomic E-state index is 14.0. The van der Waals surface area contributed by atoms with Gasteiger partial charge in [-0.1, -0.05) is 30.3 Å². The number of sulfonamides is 1. The topological polar surface area (TPSA) is 64.0 Å². The summed E-state index contributed by atoms with van der Waals surface area (Å²) < 4.78 is 57.1. The molecule has 0 fully saturated rings. The Kier molecular flexibility index (Phi) is 5.26. The molecule has 1 N–H and O–H groups in total. The van der Waals surface area contributed by atoms with Crippen LogP contribution in [0.3, 0.4) is 0 Å². The van der Waals surface area contributed by atoms with Gasteiger partial charge in [-0.25, -0.2) is 22.2 Å². The number of benzene rings is 3. The van der Waals surface area contributed by atoms with E-state index in [-0.39, 0.29) is 0 Å². The van der Waals surface area contributed by atoms with Gasteiger partial charge in [0.2, 0.25) is 0 Å². The van der Waals surface area contributed by atoms with E-state index in [4.69, 9.17) is 0 Å². The Labute approximate surface area is 173 Å². The van der Waals surface area contributed by atoms with Crippen molar-refractivity contribution in [3.05, 3.63) is 89.8 Å². The quantitative estimate of drug-likeness (QED) is 0.495. The summed E-state index contributed by atoms with van der Waals surface area (Å²) in [5.41, 5.74) is 2.96. The van der Waals surface area contributed by atoms with Crippen LogP contribution in [-0.4, -0.2) is 18.0 Å². The second kappa shape index (κ2) is 7.87. The average Bonchev–Trinajstić information content (AvgIpc) is 3.05. The van der Waals surface area contributed by atoms with E-state index in [9.17, 15) is 17.2 Å². The predicted molar refractivity (Wildman–Crippen MR) is 112 cm³/mol. The van der Waals surface area contributed by atoms with Crippen molar-refractivity contribution in [1.29, 1.82) is 0 Å². The van der Waals surface area contributed by atoms with Crippen LogP contribution in [0.2, 0.25) is 0 Å². The second-order valence-corrected chi connectivity index (χ2v) is 8.56. The molecule has 4 rings (SSSR count). The van der Waals surface area contributed by atoms with E-state index in [1.165, 1.54) is 0 Å². The van der Waals surface area contributed by atoms with E-state index in [1.54, 1.807) is 24.3 Å². The number of nitrogens with one attached hydrogen (secondary N) is 1. The third-order valence-corrected chi connectivity index (χ3v) is 6.32. The highest BCUT2D eigenvalue weighted by atomic mass is 32.2. The molecule has 0 aliphatic carbocycles. The van der Waals surface area contributed by atoms with Crippen molar-refractivity contribution in [1.82, 2.24) is 9.55 Å². The van der Waals surface area contributed by atoms with Crippen LogP contribution in [0.4, 0.5) is 14.5 Å².